The van der Waals surface area contributed by atoms with Crippen LogP contribution in [0.2, 0.25) is 5.02 Å². The number of anilines is 1. The van der Waals surface area contributed by atoms with Crippen LogP contribution in [-0.2, 0) is 6.54 Å². The van der Waals surface area contributed by atoms with Gasteiger partial charge in [-0.15, -0.1) is 0 Å². The van der Waals surface area contributed by atoms with E-state index in [9.17, 15) is 4.79 Å². The third-order valence-corrected chi connectivity index (χ3v) is 7.60. The number of ketones is 1. The van der Waals surface area contributed by atoms with Crippen molar-refractivity contribution in [3.8, 4) is 22.5 Å². The highest BCUT2D eigenvalue weighted by molar-refractivity contribution is 7.03. The first-order chi connectivity index (χ1) is 18.1. The fraction of sp³-hybridized carbons (Fsp3) is 0.370. The van der Waals surface area contributed by atoms with Gasteiger partial charge in [0.05, 0.1) is 17.8 Å². The Labute approximate surface area is 225 Å². The van der Waals surface area contributed by atoms with Gasteiger partial charge in [-0.25, -0.2) is 9.97 Å². The van der Waals surface area contributed by atoms with E-state index >= 15 is 0 Å². The van der Waals surface area contributed by atoms with Crippen LogP contribution in [0, 0.1) is 0 Å². The molecule has 1 unspecified atom stereocenters. The Kier molecular flexibility index (Phi) is 7.93. The minimum absolute atomic E-state index is 0.0365. The minimum atomic E-state index is 0.0365. The zero-order valence-electron chi connectivity index (χ0n) is 20.9. The van der Waals surface area contributed by atoms with Gasteiger partial charge in [0.2, 0.25) is 5.95 Å². The molecule has 0 amide bonds. The van der Waals surface area contributed by atoms with Crippen molar-refractivity contribution in [1.82, 2.24) is 24.4 Å². The van der Waals surface area contributed by atoms with Crippen molar-refractivity contribution in [2.75, 3.05) is 24.5 Å². The van der Waals surface area contributed by atoms with Gasteiger partial charge in [-0.1, -0.05) is 42.7 Å². The molecule has 192 valence electrons. The fourth-order valence-corrected chi connectivity index (χ4v) is 5.51. The SMILES string of the molecule is CCN(CC)Cc1onc(-c2cccc(Cl)c2)c1-c1ccnc(N2CCCC2CC(=O)c2ccsn2)n1. The molecule has 5 rings (SSSR count). The molecule has 1 fully saturated rings. The van der Waals surface area contributed by atoms with E-state index in [-0.39, 0.29) is 11.8 Å². The highest BCUT2D eigenvalue weighted by Crippen LogP contribution is 2.36. The van der Waals surface area contributed by atoms with Crippen molar-refractivity contribution < 1.29 is 9.32 Å². The summed E-state index contributed by atoms with van der Waals surface area (Å²) >= 11 is 7.60. The number of halogens is 1. The van der Waals surface area contributed by atoms with Crippen LogP contribution in [0.5, 0.6) is 0 Å². The molecule has 0 aliphatic carbocycles. The van der Waals surface area contributed by atoms with E-state index in [1.165, 1.54) is 11.5 Å². The van der Waals surface area contributed by atoms with Crippen LogP contribution in [0.4, 0.5) is 5.95 Å². The van der Waals surface area contributed by atoms with Gasteiger partial charge in [-0.05, 0) is 61.7 Å². The van der Waals surface area contributed by atoms with E-state index < -0.39 is 0 Å². The number of benzene rings is 1. The molecule has 1 saturated heterocycles. The number of Topliss-reactive ketones (excluding diaryl/α,β-unsaturated/α-hetero) is 1. The third kappa shape index (κ3) is 5.58. The molecular formula is C27H29ClN6O2S. The minimum Gasteiger partial charge on any atom is -0.359 e. The summed E-state index contributed by atoms with van der Waals surface area (Å²) < 4.78 is 10.1. The highest BCUT2D eigenvalue weighted by Gasteiger charge is 2.30. The first-order valence-corrected chi connectivity index (χ1v) is 13.8. The van der Waals surface area contributed by atoms with Crippen molar-refractivity contribution >= 4 is 34.9 Å². The van der Waals surface area contributed by atoms with E-state index in [0.29, 0.717) is 35.3 Å². The summed E-state index contributed by atoms with van der Waals surface area (Å²) in [5.41, 5.74) is 3.67. The quantitative estimate of drug-likeness (QED) is 0.228. The topological polar surface area (TPSA) is 88.3 Å². The molecule has 10 heteroatoms. The van der Waals surface area contributed by atoms with Crippen LogP contribution >= 0.6 is 23.1 Å². The maximum absolute atomic E-state index is 12.8. The van der Waals surface area contributed by atoms with Crippen LogP contribution in [0.1, 0.15) is 49.4 Å². The van der Waals surface area contributed by atoms with Gasteiger partial charge < -0.3 is 9.42 Å². The predicted molar refractivity (Wildman–Crippen MR) is 146 cm³/mol. The Bertz CT molecular complexity index is 1350. The predicted octanol–water partition coefficient (Wildman–Crippen LogP) is 5.99. The Morgan fingerprint density at radius 3 is 2.86 bits per heavy atom. The van der Waals surface area contributed by atoms with Crippen LogP contribution in [-0.4, -0.2) is 55.9 Å². The van der Waals surface area contributed by atoms with Gasteiger partial charge in [0.1, 0.15) is 11.4 Å². The highest BCUT2D eigenvalue weighted by atomic mass is 35.5. The van der Waals surface area contributed by atoms with E-state index in [1.807, 2.05) is 35.7 Å². The number of aromatic nitrogens is 4. The number of carbonyl (C=O) groups excluding carboxylic acids is 1. The molecule has 0 bridgehead atoms. The zero-order chi connectivity index (χ0) is 25.8. The fourth-order valence-electron chi connectivity index (χ4n) is 4.79. The Morgan fingerprint density at radius 1 is 1.24 bits per heavy atom. The smallest absolute Gasteiger partial charge is 0.226 e. The molecular weight excluding hydrogens is 508 g/mol. The molecule has 37 heavy (non-hydrogen) atoms. The average Bonchev–Trinajstić information content (AvgIpc) is 3.68. The summed E-state index contributed by atoms with van der Waals surface area (Å²) in [4.78, 5) is 26.8. The monoisotopic (exact) mass is 536 g/mol. The average molecular weight is 537 g/mol. The van der Waals surface area contributed by atoms with Gasteiger partial charge in [0.15, 0.2) is 11.5 Å². The van der Waals surface area contributed by atoms with Crippen molar-refractivity contribution in [2.24, 2.45) is 0 Å². The Hall–Kier alpha value is -3.14. The molecule has 1 atom stereocenters. The molecule has 1 aliphatic heterocycles. The molecule has 4 aromatic rings. The first-order valence-electron chi connectivity index (χ1n) is 12.6. The molecule has 4 heterocycles. The normalized spacial score (nSPS) is 15.6. The van der Waals surface area contributed by atoms with Crippen LogP contribution in [0.3, 0.4) is 0 Å². The lowest BCUT2D eigenvalue weighted by Gasteiger charge is -2.24. The summed E-state index contributed by atoms with van der Waals surface area (Å²) in [6.07, 6.45) is 4.06. The van der Waals surface area contributed by atoms with Gasteiger partial charge in [-0.3, -0.25) is 9.69 Å². The summed E-state index contributed by atoms with van der Waals surface area (Å²) in [7, 11) is 0. The molecule has 1 aromatic carbocycles. The number of carbonyl (C=O) groups is 1. The first kappa shape index (κ1) is 25.5. The molecule has 3 aromatic heterocycles. The van der Waals surface area contributed by atoms with Crippen LogP contribution < -0.4 is 4.90 Å². The maximum Gasteiger partial charge on any atom is 0.226 e. The van der Waals surface area contributed by atoms with Crippen molar-refractivity contribution in [2.45, 2.75) is 45.7 Å². The molecule has 0 radical (unpaired) electrons. The lowest BCUT2D eigenvalue weighted by atomic mass is 10.0. The second-order valence-electron chi connectivity index (χ2n) is 9.04. The van der Waals surface area contributed by atoms with Crippen LogP contribution in [0.15, 0.2) is 52.5 Å². The third-order valence-electron chi connectivity index (χ3n) is 6.80. The van der Waals surface area contributed by atoms with Gasteiger partial charge in [0, 0.05) is 41.2 Å². The van der Waals surface area contributed by atoms with Gasteiger partial charge in [0.25, 0.3) is 0 Å². The van der Waals surface area contributed by atoms with Crippen molar-refractivity contribution in [1.29, 1.82) is 0 Å². The van der Waals surface area contributed by atoms with Crippen molar-refractivity contribution in [3.63, 3.8) is 0 Å². The zero-order valence-corrected chi connectivity index (χ0v) is 22.5. The largest absolute Gasteiger partial charge is 0.359 e. The van der Waals surface area contributed by atoms with Gasteiger partial charge >= 0.3 is 0 Å². The van der Waals surface area contributed by atoms with E-state index in [0.717, 1.165) is 55.1 Å². The van der Waals surface area contributed by atoms with E-state index in [1.54, 1.807) is 12.3 Å². The number of rotatable bonds is 10. The van der Waals surface area contributed by atoms with Gasteiger partial charge in [-0.2, -0.15) is 4.37 Å². The van der Waals surface area contributed by atoms with E-state index in [4.69, 9.17) is 21.1 Å². The second-order valence-corrected chi connectivity index (χ2v) is 10.1. The molecule has 0 saturated carbocycles. The molecule has 0 spiro atoms. The summed E-state index contributed by atoms with van der Waals surface area (Å²) in [5.74, 6) is 1.41. The molecule has 8 nitrogen and oxygen atoms in total. The lowest BCUT2D eigenvalue weighted by molar-refractivity contribution is 0.0970. The molecule has 0 N–H and O–H groups in total. The number of hydrogen-bond acceptors (Lipinski definition) is 9. The summed E-state index contributed by atoms with van der Waals surface area (Å²) in [5, 5.41) is 6.91. The van der Waals surface area contributed by atoms with E-state index in [2.05, 4.69) is 38.2 Å². The number of hydrogen-bond donors (Lipinski definition) is 0. The lowest BCUT2D eigenvalue weighted by Crippen LogP contribution is -2.32. The summed E-state index contributed by atoms with van der Waals surface area (Å²) in [6, 6.07) is 11.3. The second kappa shape index (κ2) is 11.5. The molecule has 1 aliphatic rings. The Balaban J connectivity index is 1.50. The Morgan fingerprint density at radius 2 is 2.11 bits per heavy atom. The van der Waals surface area contributed by atoms with Crippen molar-refractivity contribution in [3.05, 3.63) is 64.5 Å². The van der Waals surface area contributed by atoms with Crippen LogP contribution in [0.25, 0.3) is 22.5 Å². The standard InChI is InChI=1S/C27H29ClN6O2S/c1-3-33(4-2)17-24-25(26(31-36-24)18-7-5-8-19(28)15-18)22-10-12-29-27(30-22)34-13-6-9-20(34)16-23(35)21-11-14-37-32-21/h5,7-8,10-12,14-15,20H,3-4,6,9,13,16-17H2,1-2H3. The number of nitrogens with zero attached hydrogens (tertiary/aromatic N) is 6. The summed E-state index contributed by atoms with van der Waals surface area (Å²) in [6.45, 7) is 7.45. The maximum atomic E-state index is 12.8.